The minimum absolute atomic E-state index is 0.146. The van der Waals surface area contributed by atoms with Crippen molar-refractivity contribution >= 4 is 5.91 Å². The molecule has 3 aromatic rings. The maximum Gasteiger partial charge on any atom is 0.243 e. The number of likely N-dealkylation sites (N-methyl/N-ethyl adjacent to an activating group) is 2. The molecule has 5 nitrogen and oxygen atoms in total. The topological polar surface area (TPSA) is 52.2 Å². The molecule has 0 bridgehead atoms. The van der Waals surface area contributed by atoms with Crippen LogP contribution in [0.15, 0.2) is 60.7 Å². The van der Waals surface area contributed by atoms with Crippen LogP contribution < -0.4 is 0 Å². The lowest BCUT2D eigenvalue weighted by Gasteiger charge is -2.40. The van der Waals surface area contributed by atoms with Crippen molar-refractivity contribution in [2.24, 2.45) is 0 Å². The minimum Gasteiger partial charge on any atom is -0.338 e. The van der Waals surface area contributed by atoms with Gasteiger partial charge in [-0.25, -0.2) is 0 Å². The van der Waals surface area contributed by atoms with Gasteiger partial charge >= 0.3 is 0 Å². The third-order valence-corrected chi connectivity index (χ3v) is 5.98. The first-order valence-corrected chi connectivity index (χ1v) is 10.1. The highest BCUT2D eigenvalue weighted by atomic mass is 16.2. The highest BCUT2D eigenvalue weighted by Crippen LogP contribution is 2.36. The van der Waals surface area contributed by atoms with Gasteiger partial charge in [-0.05, 0) is 36.7 Å². The summed E-state index contributed by atoms with van der Waals surface area (Å²) in [6.07, 6.45) is 1.46. The second kappa shape index (κ2) is 7.84. The number of carbonyl (C=O) groups excluding carboxylic acids is 1. The summed E-state index contributed by atoms with van der Waals surface area (Å²) in [4.78, 5) is 17.9. The molecular weight excluding hydrogens is 360 g/mol. The second-order valence-corrected chi connectivity index (χ2v) is 8.20. The first-order chi connectivity index (χ1) is 14.0. The average molecular weight is 389 g/mol. The molecule has 1 aromatic heterocycles. The molecule has 1 heterocycles. The number of rotatable bonds is 6. The lowest BCUT2D eigenvalue weighted by molar-refractivity contribution is -0.143. The zero-order valence-corrected chi connectivity index (χ0v) is 17.4. The minimum atomic E-state index is -0.584. The summed E-state index contributed by atoms with van der Waals surface area (Å²) in [7, 11) is 3.96. The summed E-state index contributed by atoms with van der Waals surface area (Å²) in [6, 6.07) is 20.8. The van der Waals surface area contributed by atoms with Crippen molar-refractivity contribution in [2.45, 2.75) is 38.4 Å². The molecule has 1 amide bonds. The van der Waals surface area contributed by atoms with Crippen molar-refractivity contribution in [1.82, 2.24) is 20.0 Å². The number of amides is 1. The monoisotopic (exact) mass is 388 g/mol. The molecule has 0 unspecified atom stereocenters. The number of hydrogen-bond donors (Lipinski definition) is 1. The predicted octanol–water partition coefficient (Wildman–Crippen LogP) is 3.35. The van der Waals surface area contributed by atoms with Crippen LogP contribution in [0.4, 0.5) is 0 Å². The summed E-state index contributed by atoms with van der Waals surface area (Å²) < 4.78 is 0. The highest BCUT2D eigenvalue weighted by Gasteiger charge is 2.48. The first-order valence-electron chi connectivity index (χ1n) is 10.1. The standard InChI is InChI=1S/C24H28N4O/c1-18-13-22(26-25-18)17-27(2)23(29)24(14-20-11-7-8-12-21(20)15-24)28(3)16-19-9-5-4-6-10-19/h4-13H,14-17H2,1-3H3,(H,25,26). The van der Waals surface area contributed by atoms with E-state index in [1.54, 1.807) is 0 Å². The van der Waals surface area contributed by atoms with Gasteiger partial charge in [0.15, 0.2) is 0 Å². The van der Waals surface area contributed by atoms with Crippen molar-refractivity contribution in [1.29, 1.82) is 0 Å². The van der Waals surface area contributed by atoms with Crippen LogP contribution in [0.2, 0.25) is 0 Å². The number of hydrogen-bond acceptors (Lipinski definition) is 3. The van der Waals surface area contributed by atoms with Crippen LogP contribution in [0.25, 0.3) is 0 Å². The summed E-state index contributed by atoms with van der Waals surface area (Å²) in [5.74, 6) is 0.146. The number of benzene rings is 2. The van der Waals surface area contributed by atoms with E-state index in [0.717, 1.165) is 30.8 Å². The SMILES string of the molecule is Cc1cc(CN(C)C(=O)C2(N(C)Cc3ccccc3)Cc3ccccc3C2)n[nH]1. The second-order valence-electron chi connectivity index (χ2n) is 8.20. The first kappa shape index (κ1) is 19.4. The van der Waals surface area contributed by atoms with Crippen LogP contribution in [0.3, 0.4) is 0 Å². The number of H-pyrrole nitrogens is 1. The van der Waals surface area contributed by atoms with Crippen LogP contribution in [0, 0.1) is 6.92 Å². The van der Waals surface area contributed by atoms with Crippen molar-refractivity contribution in [3.63, 3.8) is 0 Å². The number of aryl methyl sites for hydroxylation is 1. The molecule has 1 aliphatic carbocycles. The van der Waals surface area contributed by atoms with Crippen molar-refractivity contribution in [3.05, 3.63) is 88.7 Å². The van der Waals surface area contributed by atoms with E-state index >= 15 is 0 Å². The fraction of sp³-hybridized carbons (Fsp3) is 0.333. The van der Waals surface area contributed by atoms with Gasteiger partial charge in [0.2, 0.25) is 5.91 Å². The van der Waals surface area contributed by atoms with Crippen molar-refractivity contribution in [3.8, 4) is 0 Å². The van der Waals surface area contributed by atoms with Gasteiger partial charge in [0.1, 0.15) is 5.54 Å². The van der Waals surface area contributed by atoms with E-state index in [0.29, 0.717) is 6.54 Å². The Morgan fingerprint density at radius 2 is 1.62 bits per heavy atom. The van der Waals surface area contributed by atoms with Gasteiger partial charge < -0.3 is 4.90 Å². The van der Waals surface area contributed by atoms with Crippen LogP contribution >= 0.6 is 0 Å². The Hall–Kier alpha value is -2.92. The molecule has 150 valence electrons. The van der Waals surface area contributed by atoms with E-state index in [9.17, 15) is 4.79 Å². The fourth-order valence-electron chi connectivity index (χ4n) is 4.41. The van der Waals surface area contributed by atoms with Gasteiger partial charge in [0, 0.05) is 32.1 Å². The number of nitrogens with zero attached hydrogens (tertiary/aromatic N) is 3. The third-order valence-electron chi connectivity index (χ3n) is 5.98. The molecule has 29 heavy (non-hydrogen) atoms. The molecule has 0 saturated carbocycles. The Balaban J connectivity index is 1.62. The van der Waals surface area contributed by atoms with Crippen LogP contribution in [-0.2, 0) is 30.7 Å². The van der Waals surface area contributed by atoms with E-state index in [1.807, 2.05) is 43.1 Å². The van der Waals surface area contributed by atoms with E-state index in [1.165, 1.54) is 16.7 Å². The summed E-state index contributed by atoms with van der Waals surface area (Å²) >= 11 is 0. The zero-order valence-electron chi connectivity index (χ0n) is 17.4. The van der Waals surface area contributed by atoms with Crippen LogP contribution in [0.1, 0.15) is 28.1 Å². The Morgan fingerprint density at radius 3 is 2.21 bits per heavy atom. The van der Waals surface area contributed by atoms with E-state index < -0.39 is 5.54 Å². The predicted molar refractivity (Wildman–Crippen MR) is 114 cm³/mol. The van der Waals surface area contributed by atoms with Gasteiger partial charge in [0.25, 0.3) is 0 Å². The van der Waals surface area contributed by atoms with Gasteiger partial charge in [-0.15, -0.1) is 0 Å². The number of nitrogens with one attached hydrogen (secondary N) is 1. The molecular formula is C24H28N4O. The lowest BCUT2D eigenvalue weighted by Crippen LogP contribution is -2.58. The van der Waals surface area contributed by atoms with E-state index in [2.05, 4.69) is 58.5 Å². The van der Waals surface area contributed by atoms with Gasteiger partial charge in [-0.3, -0.25) is 14.8 Å². The van der Waals surface area contributed by atoms with Crippen molar-refractivity contribution < 1.29 is 4.79 Å². The molecule has 0 atom stereocenters. The molecule has 0 fully saturated rings. The number of aromatic nitrogens is 2. The molecule has 2 aromatic carbocycles. The maximum atomic E-state index is 13.8. The molecule has 1 aliphatic rings. The Labute approximate surface area is 172 Å². The Bertz CT molecular complexity index is 970. The summed E-state index contributed by atoms with van der Waals surface area (Å²) in [5, 5.41) is 7.27. The highest BCUT2D eigenvalue weighted by molar-refractivity contribution is 5.88. The molecule has 0 saturated heterocycles. The summed E-state index contributed by atoms with van der Waals surface area (Å²) in [6.45, 7) is 3.21. The number of aromatic amines is 1. The third kappa shape index (κ3) is 3.83. The Kier molecular flexibility index (Phi) is 5.24. The van der Waals surface area contributed by atoms with Gasteiger partial charge in [-0.2, -0.15) is 5.10 Å². The molecule has 4 rings (SSSR count). The number of fused-ring (bicyclic) bond motifs is 1. The maximum absolute atomic E-state index is 13.8. The van der Waals surface area contributed by atoms with Gasteiger partial charge in [0.05, 0.1) is 12.2 Å². The van der Waals surface area contributed by atoms with Gasteiger partial charge in [-0.1, -0.05) is 54.6 Å². The quantitative estimate of drug-likeness (QED) is 0.705. The van der Waals surface area contributed by atoms with Crippen LogP contribution in [0.5, 0.6) is 0 Å². The smallest absolute Gasteiger partial charge is 0.243 e. The molecule has 0 spiro atoms. The van der Waals surface area contributed by atoms with Crippen LogP contribution in [-0.4, -0.2) is 45.5 Å². The Morgan fingerprint density at radius 1 is 1.00 bits per heavy atom. The molecule has 0 radical (unpaired) electrons. The average Bonchev–Trinajstić information content (AvgIpc) is 3.32. The van der Waals surface area contributed by atoms with E-state index in [-0.39, 0.29) is 5.91 Å². The normalized spacial score (nSPS) is 14.8. The van der Waals surface area contributed by atoms with Crippen molar-refractivity contribution in [2.75, 3.05) is 14.1 Å². The molecule has 5 heteroatoms. The molecule has 0 aliphatic heterocycles. The zero-order chi connectivity index (χ0) is 20.4. The lowest BCUT2D eigenvalue weighted by atomic mass is 9.91. The largest absolute Gasteiger partial charge is 0.338 e. The van der Waals surface area contributed by atoms with E-state index in [4.69, 9.17) is 0 Å². The summed E-state index contributed by atoms with van der Waals surface area (Å²) in [5.41, 5.74) is 5.05. The number of carbonyl (C=O) groups is 1. The molecule has 1 N–H and O–H groups in total. The fourth-order valence-corrected chi connectivity index (χ4v) is 4.41.